The van der Waals surface area contributed by atoms with Crippen LogP contribution in [0.1, 0.15) is 24.0 Å². The molecule has 0 aromatic heterocycles. The molecule has 334 valence electrons. The van der Waals surface area contributed by atoms with Crippen LogP contribution in [0.5, 0.6) is 34.5 Å². The predicted molar refractivity (Wildman–Crippen MR) is 217 cm³/mol. The Bertz CT molecular complexity index is 1250. The first-order chi connectivity index (χ1) is 28.5. The van der Waals surface area contributed by atoms with Crippen LogP contribution < -0.4 is 28.4 Å². The molecule has 16 heteroatoms. The van der Waals surface area contributed by atoms with Gasteiger partial charge < -0.3 is 76.5 Å². The van der Waals surface area contributed by atoms with Crippen molar-refractivity contribution in [1.29, 1.82) is 0 Å². The fourth-order valence-corrected chi connectivity index (χ4v) is 6.21. The van der Waals surface area contributed by atoms with Crippen LogP contribution >= 0.6 is 0 Å². The van der Waals surface area contributed by atoms with Crippen LogP contribution in [0.4, 0.5) is 0 Å². The molecule has 0 aliphatic rings. The van der Waals surface area contributed by atoms with E-state index < -0.39 is 0 Å². The van der Waals surface area contributed by atoms with E-state index in [0.717, 1.165) is 24.0 Å². The lowest BCUT2D eigenvalue weighted by atomic mass is 9.80. The molecule has 16 nitrogen and oxygen atoms in total. The van der Waals surface area contributed by atoms with Gasteiger partial charge >= 0.3 is 0 Å². The highest BCUT2D eigenvalue weighted by atomic mass is 16.6. The smallest absolute Gasteiger partial charge is 0.203 e. The standard InChI is InChI=1S/C42H70O16/c1-45-37-28-33(29-38(46-2)41(37)49-5)26-35(8-7-11-51-14-17-54-20-21-55-18-15-52-12-9-43)36(27-34-30-39(47-3)42(50-6)40(31-34)48-4)32-58-25-24-57-23-22-56-19-16-53-13-10-44/h28-31,35-36,43-44H,7-27,32H2,1-6H3/t35-,36+/m1/s1. The van der Waals surface area contributed by atoms with Crippen LogP contribution in [0.25, 0.3) is 0 Å². The molecule has 2 N–H and O–H groups in total. The maximum Gasteiger partial charge on any atom is 0.203 e. The minimum absolute atomic E-state index is 0.000189. The lowest BCUT2D eigenvalue weighted by Gasteiger charge is -2.29. The van der Waals surface area contributed by atoms with Crippen molar-refractivity contribution in [3.8, 4) is 34.5 Å². The maximum absolute atomic E-state index is 8.81. The molecule has 58 heavy (non-hydrogen) atoms. The Labute approximate surface area is 345 Å². The second-order valence-electron chi connectivity index (χ2n) is 12.9. The van der Waals surface area contributed by atoms with Crippen molar-refractivity contribution >= 4 is 0 Å². The highest BCUT2D eigenvalue weighted by molar-refractivity contribution is 5.55. The van der Waals surface area contributed by atoms with Crippen molar-refractivity contribution in [3.63, 3.8) is 0 Å². The monoisotopic (exact) mass is 830 g/mol. The normalized spacial score (nSPS) is 12.3. The molecule has 2 atom stereocenters. The lowest BCUT2D eigenvalue weighted by molar-refractivity contribution is -0.0128. The van der Waals surface area contributed by atoms with Crippen molar-refractivity contribution < 1.29 is 76.5 Å². The summed E-state index contributed by atoms with van der Waals surface area (Å²) in [5.41, 5.74) is 2.06. The first-order valence-electron chi connectivity index (χ1n) is 19.9. The van der Waals surface area contributed by atoms with E-state index in [2.05, 4.69) is 0 Å². The van der Waals surface area contributed by atoms with Crippen molar-refractivity contribution in [1.82, 2.24) is 0 Å². The Balaban J connectivity index is 2.17. The minimum Gasteiger partial charge on any atom is -0.493 e. The number of methoxy groups -OCH3 is 6. The molecular formula is C42H70O16. The Hall–Kier alpha value is -3.16. The summed E-state index contributed by atoms with van der Waals surface area (Å²) in [6, 6.07) is 7.98. The van der Waals surface area contributed by atoms with Gasteiger partial charge in [-0.25, -0.2) is 0 Å². The third kappa shape index (κ3) is 20.7. The van der Waals surface area contributed by atoms with E-state index in [4.69, 9.17) is 76.5 Å². The SMILES string of the molecule is COc1cc(C[C@@H](CCCOCCOCCOCCOCCO)[C@H](COCCOCCOCCOCCO)Cc2cc(OC)c(OC)c(OC)c2)cc(OC)c1OC. The number of aliphatic hydroxyl groups is 2. The fraction of sp³-hybridized carbons (Fsp3) is 0.714. The maximum atomic E-state index is 8.81. The van der Waals surface area contributed by atoms with Gasteiger partial charge in [-0.2, -0.15) is 0 Å². The van der Waals surface area contributed by atoms with Gasteiger partial charge in [-0.1, -0.05) is 0 Å². The Morgan fingerprint density at radius 2 is 0.690 bits per heavy atom. The first-order valence-corrected chi connectivity index (χ1v) is 19.9. The number of hydrogen-bond donors (Lipinski definition) is 2. The minimum atomic E-state index is -0.00803. The van der Waals surface area contributed by atoms with E-state index >= 15 is 0 Å². The molecule has 0 aliphatic carbocycles. The molecule has 0 spiro atoms. The number of ether oxygens (including phenoxy) is 14. The van der Waals surface area contributed by atoms with E-state index in [1.165, 1.54) is 0 Å². The van der Waals surface area contributed by atoms with Crippen LogP contribution in [0, 0.1) is 11.8 Å². The van der Waals surface area contributed by atoms with Crippen molar-refractivity contribution in [2.75, 3.05) is 162 Å². The summed E-state index contributed by atoms with van der Waals surface area (Å²) >= 11 is 0. The summed E-state index contributed by atoms with van der Waals surface area (Å²) < 4.78 is 79.1. The zero-order valence-electron chi connectivity index (χ0n) is 35.6. The Morgan fingerprint density at radius 3 is 1.02 bits per heavy atom. The number of aliphatic hydroxyl groups excluding tert-OH is 2. The van der Waals surface area contributed by atoms with Gasteiger partial charge in [0.05, 0.1) is 155 Å². The van der Waals surface area contributed by atoms with Crippen LogP contribution in [-0.4, -0.2) is 172 Å². The third-order valence-corrected chi connectivity index (χ3v) is 9.01. The summed E-state index contributed by atoms with van der Waals surface area (Å²) in [6.45, 7) is 6.95. The average molecular weight is 831 g/mol. The topological polar surface area (TPSA) is 170 Å². The molecule has 0 unspecified atom stereocenters. The van der Waals surface area contributed by atoms with Gasteiger partial charge in [0.1, 0.15) is 0 Å². The Morgan fingerprint density at radius 1 is 0.379 bits per heavy atom. The van der Waals surface area contributed by atoms with E-state index in [1.807, 2.05) is 24.3 Å². The second-order valence-corrected chi connectivity index (χ2v) is 12.9. The molecule has 2 aromatic carbocycles. The van der Waals surface area contributed by atoms with Crippen LogP contribution in [-0.2, 0) is 50.7 Å². The molecule has 0 fully saturated rings. The van der Waals surface area contributed by atoms with E-state index in [-0.39, 0.29) is 25.0 Å². The molecule has 0 aliphatic heterocycles. The van der Waals surface area contributed by atoms with Crippen LogP contribution in [0.2, 0.25) is 0 Å². The van der Waals surface area contributed by atoms with Gasteiger partial charge in [0.25, 0.3) is 0 Å². The Kier molecular flexibility index (Phi) is 29.6. The van der Waals surface area contributed by atoms with Crippen LogP contribution in [0.3, 0.4) is 0 Å². The average Bonchev–Trinajstić information content (AvgIpc) is 3.25. The highest BCUT2D eigenvalue weighted by Gasteiger charge is 2.26. The van der Waals surface area contributed by atoms with E-state index in [0.29, 0.717) is 153 Å². The molecule has 0 saturated heterocycles. The number of hydrogen-bond acceptors (Lipinski definition) is 16. The first kappa shape index (κ1) is 51.0. The second kappa shape index (κ2) is 33.6. The number of rotatable bonds is 39. The molecule has 0 bridgehead atoms. The van der Waals surface area contributed by atoms with Gasteiger partial charge in [0.15, 0.2) is 23.0 Å². The molecule has 0 radical (unpaired) electrons. The zero-order chi connectivity index (χ0) is 42.1. The summed E-state index contributed by atoms with van der Waals surface area (Å²) in [6.07, 6.45) is 3.03. The largest absolute Gasteiger partial charge is 0.493 e. The van der Waals surface area contributed by atoms with E-state index in [1.54, 1.807) is 42.7 Å². The molecule has 2 aromatic rings. The summed E-state index contributed by atoms with van der Waals surface area (Å²) in [5, 5.41) is 17.6. The van der Waals surface area contributed by atoms with E-state index in [9.17, 15) is 0 Å². The zero-order valence-corrected chi connectivity index (χ0v) is 35.6. The number of benzene rings is 2. The predicted octanol–water partition coefficient (Wildman–Crippen LogP) is 3.65. The molecular weight excluding hydrogens is 760 g/mol. The summed E-state index contributed by atoms with van der Waals surface area (Å²) in [7, 11) is 9.65. The fourth-order valence-electron chi connectivity index (χ4n) is 6.21. The van der Waals surface area contributed by atoms with Gasteiger partial charge in [-0.15, -0.1) is 0 Å². The van der Waals surface area contributed by atoms with Gasteiger partial charge in [-0.3, -0.25) is 0 Å². The van der Waals surface area contributed by atoms with Gasteiger partial charge in [0.2, 0.25) is 11.5 Å². The van der Waals surface area contributed by atoms with Gasteiger partial charge in [-0.05, 0) is 72.9 Å². The third-order valence-electron chi connectivity index (χ3n) is 9.01. The quantitative estimate of drug-likeness (QED) is 0.0936. The lowest BCUT2D eigenvalue weighted by Crippen LogP contribution is -2.26. The summed E-state index contributed by atoms with van der Waals surface area (Å²) in [4.78, 5) is 0. The van der Waals surface area contributed by atoms with Crippen molar-refractivity contribution in [3.05, 3.63) is 35.4 Å². The summed E-state index contributed by atoms with van der Waals surface area (Å²) in [5.74, 6) is 3.63. The molecule has 2 rings (SSSR count). The highest BCUT2D eigenvalue weighted by Crippen LogP contribution is 2.41. The molecule has 0 amide bonds. The van der Waals surface area contributed by atoms with Crippen LogP contribution in [0.15, 0.2) is 24.3 Å². The van der Waals surface area contributed by atoms with Crippen molar-refractivity contribution in [2.45, 2.75) is 25.7 Å². The van der Waals surface area contributed by atoms with Gasteiger partial charge in [0, 0.05) is 6.61 Å². The molecule has 0 heterocycles. The van der Waals surface area contributed by atoms with Crippen molar-refractivity contribution in [2.24, 2.45) is 11.8 Å². The molecule has 0 saturated carbocycles.